The van der Waals surface area contributed by atoms with E-state index in [1.54, 1.807) is 13.1 Å². The molecule has 0 saturated heterocycles. The number of nitrogens with zero attached hydrogens (tertiary/aromatic N) is 3. The van der Waals surface area contributed by atoms with Crippen LogP contribution < -0.4 is 11.3 Å². The van der Waals surface area contributed by atoms with Crippen molar-refractivity contribution in [3.63, 3.8) is 0 Å². The molecule has 6 heteroatoms. The first-order chi connectivity index (χ1) is 6.65. The number of H-pyrrole nitrogens is 1. The summed E-state index contributed by atoms with van der Waals surface area (Å²) >= 11 is 0. The molecular formula is C8H9N5O. The zero-order valence-corrected chi connectivity index (χ0v) is 7.56. The SMILES string of the molecule is Cc1nc(-n2cc(N)cn2)cc(=O)[nH]1. The Kier molecular flexibility index (Phi) is 1.81. The van der Waals surface area contributed by atoms with Gasteiger partial charge in [-0.1, -0.05) is 0 Å². The molecule has 2 aromatic rings. The number of nitrogens with two attached hydrogens (primary N) is 1. The van der Waals surface area contributed by atoms with E-state index in [-0.39, 0.29) is 5.56 Å². The first-order valence-corrected chi connectivity index (χ1v) is 4.03. The quantitative estimate of drug-likeness (QED) is 0.655. The van der Waals surface area contributed by atoms with E-state index in [1.165, 1.54) is 16.9 Å². The van der Waals surface area contributed by atoms with Crippen LogP contribution in [0.5, 0.6) is 0 Å². The van der Waals surface area contributed by atoms with Crippen molar-refractivity contribution >= 4 is 5.69 Å². The zero-order chi connectivity index (χ0) is 10.1. The van der Waals surface area contributed by atoms with E-state index >= 15 is 0 Å². The number of hydrogen-bond donors (Lipinski definition) is 2. The van der Waals surface area contributed by atoms with Crippen molar-refractivity contribution in [3.05, 3.63) is 34.6 Å². The van der Waals surface area contributed by atoms with Gasteiger partial charge in [-0.3, -0.25) is 4.79 Å². The minimum atomic E-state index is -0.207. The fourth-order valence-corrected chi connectivity index (χ4v) is 1.14. The number of aromatic nitrogens is 4. The van der Waals surface area contributed by atoms with E-state index in [4.69, 9.17) is 5.73 Å². The van der Waals surface area contributed by atoms with Gasteiger partial charge in [-0.2, -0.15) is 5.10 Å². The number of aryl methyl sites for hydroxylation is 1. The number of rotatable bonds is 1. The van der Waals surface area contributed by atoms with Gasteiger partial charge in [0.25, 0.3) is 5.56 Å². The number of nitrogen functional groups attached to an aromatic ring is 1. The molecule has 0 aliphatic rings. The van der Waals surface area contributed by atoms with Gasteiger partial charge >= 0.3 is 0 Å². The van der Waals surface area contributed by atoms with E-state index in [2.05, 4.69) is 15.1 Å². The Morgan fingerprint density at radius 2 is 2.36 bits per heavy atom. The van der Waals surface area contributed by atoms with Crippen LogP contribution in [0.15, 0.2) is 23.3 Å². The Balaban J connectivity index is 2.56. The van der Waals surface area contributed by atoms with Crippen molar-refractivity contribution in [2.45, 2.75) is 6.92 Å². The van der Waals surface area contributed by atoms with Crippen LogP contribution in [0.4, 0.5) is 5.69 Å². The molecule has 0 unspecified atom stereocenters. The highest BCUT2D eigenvalue weighted by Crippen LogP contribution is 2.03. The first kappa shape index (κ1) is 8.49. The van der Waals surface area contributed by atoms with Gasteiger partial charge < -0.3 is 10.7 Å². The van der Waals surface area contributed by atoms with Gasteiger partial charge in [0.05, 0.1) is 18.1 Å². The van der Waals surface area contributed by atoms with Crippen molar-refractivity contribution < 1.29 is 0 Å². The molecule has 0 amide bonds. The third kappa shape index (κ3) is 1.49. The standard InChI is InChI=1S/C8H9N5O/c1-5-11-7(2-8(14)12-5)13-4-6(9)3-10-13/h2-4H,9H2,1H3,(H,11,12,14). The molecule has 2 heterocycles. The van der Waals surface area contributed by atoms with Crippen molar-refractivity contribution in [2.75, 3.05) is 5.73 Å². The smallest absolute Gasteiger partial charge is 0.253 e. The maximum atomic E-state index is 11.1. The molecule has 0 aliphatic heterocycles. The molecular weight excluding hydrogens is 182 g/mol. The Morgan fingerprint density at radius 1 is 1.57 bits per heavy atom. The van der Waals surface area contributed by atoms with E-state index in [9.17, 15) is 4.79 Å². The normalized spacial score (nSPS) is 10.4. The van der Waals surface area contributed by atoms with Gasteiger partial charge in [0, 0.05) is 6.07 Å². The van der Waals surface area contributed by atoms with Gasteiger partial charge in [-0.15, -0.1) is 0 Å². The monoisotopic (exact) mass is 191 g/mol. The fraction of sp³-hybridized carbons (Fsp3) is 0.125. The summed E-state index contributed by atoms with van der Waals surface area (Å²) in [6.45, 7) is 1.71. The maximum absolute atomic E-state index is 11.1. The molecule has 14 heavy (non-hydrogen) atoms. The van der Waals surface area contributed by atoms with E-state index in [0.717, 1.165) is 0 Å². The Morgan fingerprint density at radius 3 is 2.93 bits per heavy atom. The lowest BCUT2D eigenvalue weighted by molar-refractivity contribution is 0.822. The molecule has 2 aromatic heterocycles. The Hall–Kier alpha value is -2.11. The molecule has 0 aromatic carbocycles. The second kappa shape index (κ2) is 2.99. The summed E-state index contributed by atoms with van der Waals surface area (Å²) in [7, 11) is 0. The summed E-state index contributed by atoms with van der Waals surface area (Å²) in [5, 5.41) is 3.94. The first-order valence-electron chi connectivity index (χ1n) is 4.03. The summed E-state index contributed by atoms with van der Waals surface area (Å²) in [5.74, 6) is 1.00. The maximum Gasteiger partial charge on any atom is 0.253 e. The largest absolute Gasteiger partial charge is 0.396 e. The highest BCUT2D eigenvalue weighted by Gasteiger charge is 2.01. The zero-order valence-electron chi connectivity index (χ0n) is 7.56. The van der Waals surface area contributed by atoms with Crippen LogP contribution in [-0.2, 0) is 0 Å². The van der Waals surface area contributed by atoms with E-state index in [1.807, 2.05) is 0 Å². The van der Waals surface area contributed by atoms with Crippen molar-refractivity contribution in [1.82, 2.24) is 19.7 Å². The lowest BCUT2D eigenvalue weighted by Gasteiger charge is -1.99. The molecule has 0 aliphatic carbocycles. The molecule has 6 nitrogen and oxygen atoms in total. The van der Waals surface area contributed by atoms with E-state index in [0.29, 0.717) is 17.3 Å². The van der Waals surface area contributed by atoms with Crippen molar-refractivity contribution in [2.24, 2.45) is 0 Å². The van der Waals surface area contributed by atoms with Crippen LogP contribution in [0.25, 0.3) is 5.82 Å². The van der Waals surface area contributed by atoms with Crippen molar-refractivity contribution in [1.29, 1.82) is 0 Å². The van der Waals surface area contributed by atoms with Crippen LogP contribution in [0.3, 0.4) is 0 Å². The van der Waals surface area contributed by atoms with Gasteiger partial charge in [0.2, 0.25) is 0 Å². The fourth-order valence-electron chi connectivity index (χ4n) is 1.14. The second-order valence-corrected chi connectivity index (χ2v) is 2.91. The summed E-state index contributed by atoms with van der Waals surface area (Å²) in [6, 6.07) is 1.36. The van der Waals surface area contributed by atoms with Crippen LogP contribution in [0.2, 0.25) is 0 Å². The third-order valence-corrected chi connectivity index (χ3v) is 1.68. The molecule has 3 N–H and O–H groups in total. The van der Waals surface area contributed by atoms with Crippen LogP contribution >= 0.6 is 0 Å². The number of anilines is 1. The lowest BCUT2D eigenvalue weighted by Crippen LogP contribution is -2.12. The minimum Gasteiger partial charge on any atom is -0.396 e. The van der Waals surface area contributed by atoms with Gasteiger partial charge in [0.15, 0.2) is 5.82 Å². The molecule has 0 radical (unpaired) electrons. The van der Waals surface area contributed by atoms with Crippen LogP contribution in [0.1, 0.15) is 5.82 Å². The molecule has 72 valence electrons. The predicted octanol–water partition coefficient (Wildman–Crippen LogP) is -0.154. The third-order valence-electron chi connectivity index (χ3n) is 1.68. The summed E-state index contributed by atoms with van der Waals surface area (Å²) in [6.07, 6.45) is 3.10. The topological polar surface area (TPSA) is 89.6 Å². The van der Waals surface area contributed by atoms with Crippen LogP contribution in [-0.4, -0.2) is 19.7 Å². The number of aromatic amines is 1. The molecule has 0 spiro atoms. The average molecular weight is 191 g/mol. The summed E-state index contributed by atoms with van der Waals surface area (Å²) in [5.41, 5.74) is 5.82. The van der Waals surface area contributed by atoms with Gasteiger partial charge in [-0.05, 0) is 6.92 Å². The predicted molar refractivity (Wildman–Crippen MR) is 51.1 cm³/mol. The number of hydrogen-bond acceptors (Lipinski definition) is 4. The van der Waals surface area contributed by atoms with Crippen molar-refractivity contribution in [3.8, 4) is 5.82 Å². The minimum absolute atomic E-state index is 0.207. The average Bonchev–Trinajstić information content (AvgIpc) is 2.50. The summed E-state index contributed by atoms with van der Waals surface area (Å²) in [4.78, 5) is 17.8. The molecule has 0 atom stereocenters. The Bertz CT molecular complexity index is 512. The van der Waals surface area contributed by atoms with Gasteiger partial charge in [0.1, 0.15) is 5.82 Å². The molecule has 0 fully saturated rings. The highest BCUT2D eigenvalue weighted by molar-refractivity contribution is 5.34. The molecule has 0 saturated carbocycles. The lowest BCUT2D eigenvalue weighted by atomic mass is 10.5. The van der Waals surface area contributed by atoms with Crippen LogP contribution in [0, 0.1) is 6.92 Å². The van der Waals surface area contributed by atoms with Gasteiger partial charge in [-0.25, -0.2) is 9.67 Å². The second-order valence-electron chi connectivity index (χ2n) is 2.91. The molecule has 2 rings (SSSR count). The Labute approximate surface area is 79.4 Å². The summed E-state index contributed by atoms with van der Waals surface area (Å²) < 4.78 is 1.46. The molecule has 0 bridgehead atoms. The highest BCUT2D eigenvalue weighted by atomic mass is 16.1. The number of nitrogens with one attached hydrogen (secondary N) is 1. The van der Waals surface area contributed by atoms with E-state index < -0.39 is 0 Å².